The number of fused-ring (bicyclic) bond motifs is 1. The summed E-state index contributed by atoms with van der Waals surface area (Å²) in [5.41, 5.74) is 2.55. The lowest BCUT2D eigenvalue weighted by atomic mass is 9.84. The van der Waals surface area contributed by atoms with Gasteiger partial charge in [-0.05, 0) is 91.5 Å². The molecule has 0 radical (unpaired) electrons. The van der Waals surface area contributed by atoms with Gasteiger partial charge >= 0.3 is 6.09 Å². The lowest BCUT2D eigenvalue weighted by Gasteiger charge is -2.37. The monoisotopic (exact) mass is 483 g/mol. The molecule has 1 aliphatic carbocycles. The van der Waals surface area contributed by atoms with E-state index in [0.717, 1.165) is 34.7 Å². The Balaban J connectivity index is 1.24. The van der Waals surface area contributed by atoms with Crippen LogP contribution in [0.25, 0.3) is 0 Å². The highest BCUT2D eigenvalue weighted by atomic mass is 32.2. The standard InChI is InChI=1S/C28H37NO4S/c1-3-28(4-2)25-20-23(14-17-26(25)29-27(30)33-28)32-18-8-9-19-34(31)24-15-12-22(13-16-24)21-10-6-5-7-11-21/h12-17,20-21H,3-11,18-19H2,1-2H3,(H,29,30). The normalized spacial score (nSPS) is 18.5. The van der Waals surface area contributed by atoms with Crippen molar-refractivity contribution in [2.45, 2.75) is 88.0 Å². The average molecular weight is 484 g/mol. The van der Waals surface area contributed by atoms with E-state index in [1.165, 1.54) is 37.7 Å². The van der Waals surface area contributed by atoms with Gasteiger partial charge in [0, 0.05) is 5.56 Å². The van der Waals surface area contributed by atoms with Crippen LogP contribution in [0.4, 0.5) is 10.5 Å². The number of carbonyl (C=O) groups excluding carboxylic acids is 1. The highest BCUT2D eigenvalue weighted by Gasteiger charge is 2.39. The van der Waals surface area contributed by atoms with E-state index in [4.69, 9.17) is 9.47 Å². The molecule has 184 valence electrons. The van der Waals surface area contributed by atoms with Gasteiger partial charge in [-0.2, -0.15) is 0 Å². The van der Waals surface area contributed by atoms with Crippen molar-refractivity contribution in [2.24, 2.45) is 0 Å². The second kappa shape index (κ2) is 11.5. The van der Waals surface area contributed by atoms with E-state index in [2.05, 4.69) is 29.6 Å². The van der Waals surface area contributed by atoms with Crippen molar-refractivity contribution in [1.82, 2.24) is 0 Å². The van der Waals surface area contributed by atoms with Crippen molar-refractivity contribution in [1.29, 1.82) is 0 Å². The Labute approximate surface area is 206 Å². The van der Waals surface area contributed by atoms with Crippen molar-refractivity contribution in [3.8, 4) is 5.75 Å². The van der Waals surface area contributed by atoms with E-state index >= 15 is 0 Å². The molecule has 1 N–H and O–H groups in total. The van der Waals surface area contributed by atoms with E-state index in [0.29, 0.717) is 31.1 Å². The van der Waals surface area contributed by atoms with Gasteiger partial charge in [0.05, 0.1) is 12.3 Å². The Morgan fingerprint density at radius 3 is 2.50 bits per heavy atom. The van der Waals surface area contributed by atoms with Gasteiger partial charge in [0.15, 0.2) is 4.90 Å². The van der Waals surface area contributed by atoms with Crippen molar-refractivity contribution in [3.63, 3.8) is 0 Å². The fourth-order valence-electron chi connectivity index (χ4n) is 5.21. The maximum atomic E-state index is 12.7. The van der Waals surface area contributed by atoms with Crippen molar-refractivity contribution in [2.75, 3.05) is 17.7 Å². The second-order valence-corrected chi connectivity index (χ2v) is 11.0. The van der Waals surface area contributed by atoms with Gasteiger partial charge in [-0.15, -0.1) is 0 Å². The number of rotatable bonds is 10. The van der Waals surface area contributed by atoms with Crippen LogP contribution in [0, 0.1) is 0 Å². The third-order valence-corrected chi connectivity index (χ3v) is 8.82. The first-order chi connectivity index (χ1) is 16.5. The maximum Gasteiger partial charge on any atom is 0.412 e. The number of benzene rings is 2. The fourth-order valence-corrected chi connectivity index (χ4v) is 6.35. The topological polar surface area (TPSA) is 70.6 Å². The summed E-state index contributed by atoms with van der Waals surface area (Å²) >= 11 is -0.975. The molecule has 1 heterocycles. The Hall–Kier alpha value is -2.18. The highest BCUT2D eigenvalue weighted by Crippen LogP contribution is 2.42. The van der Waals surface area contributed by atoms with E-state index in [1.54, 1.807) is 0 Å². The first-order valence-corrected chi connectivity index (χ1v) is 14.1. The molecule has 6 heteroatoms. The first kappa shape index (κ1) is 24.9. The molecule has 0 spiro atoms. The zero-order chi connectivity index (χ0) is 24.0. The lowest BCUT2D eigenvalue weighted by Crippen LogP contribution is -2.38. The molecule has 2 aliphatic rings. The summed E-state index contributed by atoms with van der Waals surface area (Å²) in [5, 5.41) is 2.79. The summed E-state index contributed by atoms with van der Waals surface area (Å²) in [5.74, 6) is 2.09. The summed E-state index contributed by atoms with van der Waals surface area (Å²) in [7, 11) is 0. The molecule has 2 aromatic carbocycles. The van der Waals surface area contributed by atoms with Crippen molar-refractivity contribution >= 4 is 23.0 Å². The number of hydrogen-bond donors (Lipinski definition) is 1. The Kier molecular flexibility index (Phi) is 8.43. The minimum atomic E-state index is -0.975. The third kappa shape index (κ3) is 5.72. The minimum absolute atomic E-state index is 0.401. The molecule has 1 unspecified atom stereocenters. The van der Waals surface area contributed by atoms with Crippen molar-refractivity contribution < 1.29 is 18.8 Å². The summed E-state index contributed by atoms with van der Waals surface area (Å²) in [6.07, 6.45) is 9.28. The van der Waals surface area contributed by atoms with Gasteiger partial charge in [-0.3, -0.25) is 5.32 Å². The van der Waals surface area contributed by atoms with Crippen LogP contribution in [-0.4, -0.2) is 23.0 Å². The van der Waals surface area contributed by atoms with Crippen LogP contribution in [0.3, 0.4) is 0 Å². The molecule has 0 saturated heterocycles. The van der Waals surface area contributed by atoms with Crippen LogP contribution in [0.5, 0.6) is 5.75 Å². The Morgan fingerprint density at radius 2 is 1.79 bits per heavy atom. The number of hydrogen-bond acceptors (Lipinski definition) is 4. The first-order valence-electron chi connectivity index (χ1n) is 12.8. The largest absolute Gasteiger partial charge is 0.611 e. The quantitative estimate of drug-likeness (QED) is 0.285. The van der Waals surface area contributed by atoms with Crippen LogP contribution in [0.2, 0.25) is 0 Å². The number of unbranched alkanes of at least 4 members (excludes halogenated alkanes) is 1. The van der Waals surface area contributed by atoms with Crippen LogP contribution < -0.4 is 10.1 Å². The minimum Gasteiger partial charge on any atom is -0.611 e. The molecule has 5 nitrogen and oxygen atoms in total. The summed E-state index contributed by atoms with van der Waals surface area (Å²) in [6.45, 7) is 4.63. The van der Waals surface area contributed by atoms with Gasteiger partial charge in [-0.1, -0.05) is 45.2 Å². The predicted molar refractivity (Wildman–Crippen MR) is 137 cm³/mol. The van der Waals surface area contributed by atoms with Crippen molar-refractivity contribution in [3.05, 3.63) is 53.6 Å². The number of carbonyl (C=O) groups is 1. The molecule has 1 aliphatic heterocycles. The lowest BCUT2D eigenvalue weighted by molar-refractivity contribution is 0.00452. The smallest absolute Gasteiger partial charge is 0.412 e. The number of cyclic esters (lactones) is 1. The number of ether oxygens (including phenoxy) is 2. The average Bonchev–Trinajstić information content (AvgIpc) is 2.88. The summed E-state index contributed by atoms with van der Waals surface area (Å²) in [6, 6.07) is 14.2. The maximum absolute atomic E-state index is 12.7. The third-order valence-electron chi connectivity index (χ3n) is 7.36. The molecule has 34 heavy (non-hydrogen) atoms. The number of anilines is 1. The van der Waals surface area contributed by atoms with Crippen LogP contribution in [0.15, 0.2) is 47.4 Å². The van der Waals surface area contributed by atoms with Gasteiger partial charge < -0.3 is 14.0 Å². The summed E-state index contributed by atoms with van der Waals surface area (Å²) in [4.78, 5) is 12.9. The van der Waals surface area contributed by atoms with E-state index in [-0.39, 0.29) is 0 Å². The summed E-state index contributed by atoms with van der Waals surface area (Å²) < 4.78 is 24.4. The Morgan fingerprint density at radius 1 is 1.06 bits per heavy atom. The van der Waals surface area contributed by atoms with Crippen LogP contribution in [0.1, 0.15) is 88.7 Å². The van der Waals surface area contributed by atoms with E-state index in [9.17, 15) is 9.35 Å². The molecular formula is C28H37NO4S. The van der Waals surface area contributed by atoms with Crippen LogP contribution >= 0.6 is 0 Å². The van der Waals surface area contributed by atoms with Gasteiger partial charge in [0.1, 0.15) is 17.1 Å². The molecule has 2 aromatic rings. The molecule has 1 saturated carbocycles. The molecule has 0 aromatic heterocycles. The van der Waals surface area contributed by atoms with E-state index in [1.807, 2.05) is 32.0 Å². The van der Waals surface area contributed by atoms with Gasteiger partial charge in [0.25, 0.3) is 0 Å². The highest BCUT2D eigenvalue weighted by molar-refractivity contribution is 7.91. The molecule has 1 fully saturated rings. The zero-order valence-corrected chi connectivity index (χ0v) is 21.3. The Bertz CT molecular complexity index is 951. The van der Waals surface area contributed by atoms with Crippen LogP contribution in [-0.2, 0) is 21.5 Å². The number of amides is 1. The molecule has 0 bridgehead atoms. The van der Waals surface area contributed by atoms with Gasteiger partial charge in [0.2, 0.25) is 0 Å². The zero-order valence-electron chi connectivity index (χ0n) is 20.4. The number of nitrogens with one attached hydrogen (secondary N) is 1. The molecular weight excluding hydrogens is 446 g/mol. The van der Waals surface area contributed by atoms with Gasteiger partial charge in [-0.25, -0.2) is 4.79 Å². The molecule has 1 amide bonds. The van der Waals surface area contributed by atoms with E-state index < -0.39 is 22.9 Å². The fraction of sp³-hybridized carbons (Fsp3) is 0.536. The SMILES string of the molecule is CCC1(CC)OC(=O)Nc2ccc(OCCCC[S+]([O-])c3ccc(C4CCCCC4)cc3)cc21. The molecule has 4 rings (SSSR count). The predicted octanol–water partition coefficient (Wildman–Crippen LogP) is 7.28. The second-order valence-electron chi connectivity index (χ2n) is 9.43. The molecule has 1 atom stereocenters.